The number of anilines is 1. The van der Waals surface area contributed by atoms with Crippen molar-refractivity contribution >= 4 is 5.69 Å². The minimum absolute atomic E-state index is 0.586. The maximum atomic E-state index is 5.70. The van der Waals surface area contributed by atoms with E-state index in [2.05, 4.69) is 40.1 Å². The van der Waals surface area contributed by atoms with Gasteiger partial charge in [0, 0.05) is 24.2 Å². The number of nitrogens with one attached hydrogen (secondary N) is 2. The van der Waals surface area contributed by atoms with Gasteiger partial charge in [-0.15, -0.1) is 10.2 Å². The summed E-state index contributed by atoms with van der Waals surface area (Å²) >= 11 is 0. The fraction of sp³-hybridized carbons (Fsp3) is 0.263. The van der Waals surface area contributed by atoms with Crippen molar-refractivity contribution in [3.63, 3.8) is 0 Å². The topological polar surface area (TPSA) is 63.0 Å². The van der Waals surface area contributed by atoms with E-state index in [9.17, 15) is 0 Å². The maximum Gasteiger partial charge on any atom is 0.247 e. The lowest BCUT2D eigenvalue weighted by atomic mass is 10.1. The number of benzene rings is 2. The van der Waals surface area contributed by atoms with Crippen molar-refractivity contribution in [3.8, 4) is 11.5 Å². The molecule has 0 saturated carbocycles. The van der Waals surface area contributed by atoms with Crippen LogP contribution < -0.4 is 10.9 Å². The predicted molar refractivity (Wildman–Crippen MR) is 95.3 cm³/mol. The lowest BCUT2D eigenvalue weighted by molar-refractivity contribution is 0.496. The van der Waals surface area contributed by atoms with E-state index in [0.717, 1.165) is 37.1 Å². The van der Waals surface area contributed by atoms with E-state index in [4.69, 9.17) is 4.42 Å². The Morgan fingerprint density at radius 3 is 2.50 bits per heavy atom. The van der Waals surface area contributed by atoms with Crippen LogP contribution in [0.3, 0.4) is 0 Å². The monoisotopic (exact) mass is 322 g/mol. The van der Waals surface area contributed by atoms with Crippen LogP contribution in [0.5, 0.6) is 0 Å². The van der Waals surface area contributed by atoms with E-state index in [1.165, 1.54) is 5.56 Å². The van der Waals surface area contributed by atoms with Crippen LogP contribution in [0.4, 0.5) is 5.69 Å². The van der Waals surface area contributed by atoms with Crippen molar-refractivity contribution < 1.29 is 4.42 Å². The summed E-state index contributed by atoms with van der Waals surface area (Å²) in [4.78, 5) is 0. The number of nitrogens with zero attached hydrogens (tertiary/aromatic N) is 2. The van der Waals surface area contributed by atoms with Crippen LogP contribution in [0.15, 0.2) is 59.0 Å². The van der Waals surface area contributed by atoms with Crippen molar-refractivity contribution in [1.29, 1.82) is 0 Å². The second kappa shape index (κ2) is 8.26. The first kappa shape index (κ1) is 16.2. The molecular weight excluding hydrogens is 300 g/mol. The molecule has 2 N–H and O–H groups in total. The van der Waals surface area contributed by atoms with Gasteiger partial charge < -0.3 is 9.84 Å². The third-order valence-corrected chi connectivity index (χ3v) is 3.71. The van der Waals surface area contributed by atoms with Gasteiger partial charge in [-0.2, -0.15) is 0 Å². The molecule has 0 atom stereocenters. The first-order valence-electron chi connectivity index (χ1n) is 8.31. The standard InChI is InChI=1S/C19H22N4O/c1-2-3-9-18-22-23-19(24-18)16-12-10-15(11-13-16)14-20-21-17-7-5-4-6-8-17/h4-8,10-13,20-21H,2-3,9,14H2,1H3. The zero-order valence-electron chi connectivity index (χ0n) is 13.8. The molecule has 0 aliphatic carbocycles. The predicted octanol–water partition coefficient (Wildman–Crippen LogP) is 4.20. The molecule has 0 saturated heterocycles. The Labute approximate surface area is 142 Å². The quantitative estimate of drug-likeness (QED) is 0.609. The molecule has 0 fully saturated rings. The van der Waals surface area contributed by atoms with Gasteiger partial charge in [0.1, 0.15) is 0 Å². The Morgan fingerprint density at radius 2 is 1.75 bits per heavy atom. The molecule has 0 radical (unpaired) electrons. The summed E-state index contributed by atoms with van der Waals surface area (Å²) in [7, 11) is 0. The average molecular weight is 322 g/mol. The summed E-state index contributed by atoms with van der Waals surface area (Å²) in [5, 5.41) is 8.22. The third-order valence-electron chi connectivity index (χ3n) is 3.71. The van der Waals surface area contributed by atoms with Gasteiger partial charge in [-0.25, -0.2) is 5.43 Å². The highest BCUT2D eigenvalue weighted by Gasteiger charge is 2.08. The molecule has 0 amide bonds. The van der Waals surface area contributed by atoms with Crippen molar-refractivity contribution in [1.82, 2.24) is 15.6 Å². The fourth-order valence-electron chi connectivity index (χ4n) is 2.33. The molecule has 0 aliphatic heterocycles. The van der Waals surface area contributed by atoms with Crippen LogP contribution in [0.1, 0.15) is 31.2 Å². The Bertz CT molecular complexity index is 738. The van der Waals surface area contributed by atoms with Crippen molar-refractivity contribution in [2.75, 3.05) is 5.43 Å². The Kier molecular flexibility index (Phi) is 5.58. The third kappa shape index (κ3) is 4.43. The number of aromatic nitrogens is 2. The lowest BCUT2D eigenvalue weighted by Crippen LogP contribution is -2.20. The largest absolute Gasteiger partial charge is 0.421 e. The van der Waals surface area contributed by atoms with Gasteiger partial charge in [0.15, 0.2) is 0 Å². The zero-order valence-corrected chi connectivity index (χ0v) is 13.8. The first-order valence-corrected chi connectivity index (χ1v) is 8.31. The number of aryl methyl sites for hydroxylation is 1. The summed E-state index contributed by atoms with van der Waals surface area (Å²) in [6.07, 6.45) is 3.04. The summed E-state index contributed by atoms with van der Waals surface area (Å²) in [6.45, 7) is 2.87. The normalized spacial score (nSPS) is 10.7. The number of hydrogen-bond donors (Lipinski definition) is 2. The molecule has 0 bridgehead atoms. The molecular formula is C19H22N4O. The minimum atomic E-state index is 0.586. The molecule has 24 heavy (non-hydrogen) atoms. The highest BCUT2D eigenvalue weighted by Crippen LogP contribution is 2.19. The van der Waals surface area contributed by atoms with Crippen LogP contribution >= 0.6 is 0 Å². The number of unbranched alkanes of at least 4 members (excludes halogenated alkanes) is 1. The summed E-state index contributed by atoms with van der Waals surface area (Å²) in [5.74, 6) is 1.30. The Hall–Kier alpha value is -2.66. The van der Waals surface area contributed by atoms with E-state index in [-0.39, 0.29) is 0 Å². The van der Waals surface area contributed by atoms with Gasteiger partial charge in [-0.05, 0) is 36.2 Å². The van der Waals surface area contributed by atoms with Gasteiger partial charge in [-0.3, -0.25) is 0 Å². The Morgan fingerprint density at radius 1 is 0.958 bits per heavy atom. The maximum absolute atomic E-state index is 5.70. The van der Waals surface area contributed by atoms with Crippen molar-refractivity contribution in [2.45, 2.75) is 32.7 Å². The van der Waals surface area contributed by atoms with Crippen molar-refractivity contribution in [2.24, 2.45) is 0 Å². The summed E-state index contributed by atoms with van der Waals surface area (Å²) < 4.78 is 5.70. The van der Waals surface area contributed by atoms with Gasteiger partial charge in [0.2, 0.25) is 11.8 Å². The van der Waals surface area contributed by atoms with Gasteiger partial charge in [-0.1, -0.05) is 43.7 Å². The average Bonchev–Trinajstić information content (AvgIpc) is 3.10. The molecule has 1 aromatic heterocycles. The smallest absolute Gasteiger partial charge is 0.247 e. The van der Waals surface area contributed by atoms with Crippen LogP contribution in [0.2, 0.25) is 0 Å². The molecule has 3 rings (SSSR count). The molecule has 5 heteroatoms. The molecule has 1 heterocycles. The molecule has 2 aromatic carbocycles. The lowest BCUT2D eigenvalue weighted by Gasteiger charge is -2.08. The summed E-state index contributed by atoms with van der Waals surface area (Å²) in [6, 6.07) is 18.2. The Balaban J connectivity index is 1.54. The SMILES string of the molecule is CCCCc1nnc(-c2ccc(CNNc3ccccc3)cc2)o1. The number of para-hydroxylation sites is 1. The van der Waals surface area contributed by atoms with Crippen LogP contribution in [-0.2, 0) is 13.0 Å². The molecule has 3 aromatic rings. The van der Waals surface area contributed by atoms with E-state index in [0.29, 0.717) is 11.8 Å². The number of hydrogen-bond acceptors (Lipinski definition) is 5. The van der Waals surface area contributed by atoms with Gasteiger partial charge >= 0.3 is 0 Å². The number of rotatable bonds is 8. The number of hydrazine groups is 1. The molecule has 0 spiro atoms. The first-order chi connectivity index (χ1) is 11.8. The van der Waals surface area contributed by atoms with E-state index >= 15 is 0 Å². The highest BCUT2D eigenvalue weighted by atomic mass is 16.4. The minimum Gasteiger partial charge on any atom is -0.421 e. The van der Waals surface area contributed by atoms with Gasteiger partial charge in [0.25, 0.3) is 0 Å². The molecule has 124 valence electrons. The van der Waals surface area contributed by atoms with Crippen LogP contribution in [0, 0.1) is 0 Å². The molecule has 5 nitrogen and oxygen atoms in total. The van der Waals surface area contributed by atoms with Crippen molar-refractivity contribution in [3.05, 3.63) is 66.1 Å². The second-order valence-corrected chi connectivity index (χ2v) is 5.65. The van der Waals surface area contributed by atoms with Crippen LogP contribution in [0.25, 0.3) is 11.5 Å². The van der Waals surface area contributed by atoms with E-state index in [1.807, 2.05) is 42.5 Å². The van der Waals surface area contributed by atoms with Crippen LogP contribution in [-0.4, -0.2) is 10.2 Å². The molecule has 0 aliphatic rings. The second-order valence-electron chi connectivity index (χ2n) is 5.65. The summed E-state index contributed by atoms with van der Waals surface area (Å²) in [5.41, 5.74) is 9.54. The van der Waals surface area contributed by atoms with Gasteiger partial charge in [0.05, 0.1) is 0 Å². The van der Waals surface area contributed by atoms with E-state index in [1.54, 1.807) is 0 Å². The highest BCUT2D eigenvalue weighted by molar-refractivity contribution is 5.53. The molecule has 0 unspecified atom stereocenters. The zero-order chi connectivity index (χ0) is 16.6. The fourth-order valence-corrected chi connectivity index (χ4v) is 2.33. The van der Waals surface area contributed by atoms with E-state index < -0.39 is 0 Å².